The van der Waals surface area contributed by atoms with E-state index in [0.29, 0.717) is 52.7 Å². The van der Waals surface area contributed by atoms with Crippen LogP contribution in [-0.4, -0.2) is 85.6 Å². The van der Waals surface area contributed by atoms with Crippen molar-refractivity contribution in [3.8, 4) is 0 Å². The van der Waals surface area contributed by atoms with Crippen LogP contribution in [-0.2, 0) is 23.7 Å². The number of ether oxygens (including phenoxy) is 4. The van der Waals surface area contributed by atoms with Crippen LogP contribution in [0, 0.1) is 0 Å². The summed E-state index contributed by atoms with van der Waals surface area (Å²) in [5, 5.41) is 5.23. The van der Waals surface area contributed by atoms with Crippen LogP contribution in [0.25, 0.3) is 0 Å². The highest BCUT2D eigenvalue weighted by Crippen LogP contribution is 1.90. The van der Waals surface area contributed by atoms with Gasteiger partial charge in [0.1, 0.15) is 6.17 Å². The molecule has 0 saturated heterocycles. The second kappa shape index (κ2) is 17.3. The normalized spacial score (nSPS) is 12.3. The molecular formula is C13H27FN2O5. The third-order valence-electron chi connectivity index (χ3n) is 2.33. The highest BCUT2D eigenvalue weighted by atomic mass is 19.1. The van der Waals surface area contributed by atoms with Crippen molar-refractivity contribution >= 4 is 6.41 Å². The summed E-state index contributed by atoms with van der Waals surface area (Å²) in [7, 11) is 1.87. The first-order chi connectivity index (χ1) is 10.3. The number of likely N-dealkylation sites (N-methyl/N-ethyl adjacent to an activating group) is 1. The van der Waals surface area contributed by atoms with Crippen LogP contribution in [0.15, 0.2) is 0 Å². The minimum absolute atomic E-state index is 0.0331. The van der Waals surface area contributed by atoms with Crippen molar-refractivity contribution in [1.82, 2.24) is 10.6 Å². The third kappa shape index (κ3) is 17.1. The fraction of sp³-hybridized carbons (Fsp3) is 0.923. The van der Waals surface area contributed by atoms with Crippen LogP contribution in [0.4, 0.5) is 4.39 Å². The number of hydrogen-bond donors (Lipinski definition) is 2. The topological polar surface area (TPSA) is 78.1 Å². The largest absolute Gasteiger partial charge is 0.378 e. The van der Waals surface area contributed by atoms with E-state index < -0.39 is 6.17 Å². The maximum atomic E-state index is 13.0. The fourth-order valence-electron chi connectivity index (χ4n) is 1.28. The van der Waals surface area contributed by atoms with Crippen LogP contribution in [0.2, 0.25) is 0 Å². The second-order valence-electron chi connectivity index (χ2n) is 4.14. The Labute approximate surface area is 125 Å². The van der Waals surface area contributed by atoms with E-state index in [1.165, 1.54) is 0 Å². The number of amides is 1. The molecule has 0 aromatic rings. The Balaban J connectivity index is 3.04. The standard InChI is InChI=1S/C13H27FN2O5/c1-15-2-3-18-4-5-19-6-7-20-8-9-21-11-13(14)10-16-12-17/h12-13,15H,2-11H2,1H3,(H,16,17). The maximum absolute atomic E-state index is 13.0. The molecule has 1 unspecified atom stereocenters. The Morgan fingerprint density at radius 2 is 1.48 bits per heavy atom. The molecule has 0 aromatic heterocycles. The Hall–Kier alpha value is -0.800. The number of carbonyl (C=O) groups excluding carboxylic acids is 1. The molecule has 0 rings (SSSR count). The van der Waals surface area contributed by atoms with Crippen molar-refractivity contribution in [2.45, 2.75) is 6.17 Å². The zero-order chi connectivity index (χ0) is 15.6. The van der Waals surface area contributed by atoms with Crippen LogP contribution < -0.4 is 10.6 Å². The number of hydrogen-bond acceptors (Lipinski definition) is 6. The molecule has 0 aliphatic heterocycles. The van der Waals surface area contributed by atoms with Gasteiger partial charge < -0.3 is 29.6 Å². The molecule has 0 aromatic carbocycles. The first kappa shape index (κ1) is 20.2. The van der Waals surface area contributed by atoms with Crippen LogP contribution >= 0.6 is 0 Å². The summed E-state index contributed by atoms with van der Waals surface area (Å²) in [6.45, 7) is 4.17. The van der Waals surface area contributed by atoms with Crippen molar-refractivity contribution in [3.63, 3.8) is 0 Å². The zero-order valence-electron chi connectivity index (χ0n) is 12.6. The van der Waals surface area contributed by atoms with Crippen molar-refractivity contribution in [1.29, 1.82) is 0 Å². The van der Waals surface area contributed by atoms with Crippen molar-refractivity contribution in [2.75, 3.05) is 73.0 Å². The lowest BCUT2D eigenvalue weighted by Gasteiger charge is -2.09. The SMILES string of the molecule is CNCCOCCOCCOCCOCC(F)CNC=O. The number of nitrogens with one attached hydrogen (secondary N) is 2. The quantitative estimate of drug-likeness (QED) is 0.275. The van der Waals surface area contributed by atoms with E-state index in [0.717, 1.165) is 6.54 Å². The fourth-order valence-corrected chi connectivity index (χ4v) is 1.28. The third-order valence-corrected chi connectivity index (χ3v) is 2.33. The smallest absolute Gasteiger partial charge is 0.207 e. The van der Waals surface area contributed by atoms with E-state index in [9.17, 15) is 9.18 Å². The minimum Gasteiger partial charge on any atom is -0.378 e. The average molecular weight is 310 g/mol. The number of alkyl halides is 1. The van der Waals surface area contributed by atoms with Crippen LogP contribution in [0.1, 0.15) is 0 Å². The Bertz CT molecular complexity index is 225. The summed E-state index contributed by atoms with van der Waals surface area (Å²) in [4.78, 5) is 9.94. The lowest BCUT2D eigenvalue weighted by Crippen LogP contribution is -2.26. The lowest BCUT2D eigenvalue weighted by atomic mass is 10.4. The van der Waals surface area contributed by atoms with Gasteiger partial charge in [-0.1, -0.05) is 0 Å². The van der Waals surface area contributed by atoms with E-state index in [-0.39, 0.29) is 13.2 Å². The van der Waals surface area contributed by atoms with Gasteiger partial charge in [0.05, 0.1) is 59.4 Å². The molecule has 0 saturated carbocycles. The highest BCUT2D eigenvalue weighted by molar-refractivity contribution is 5.45. The first-order valence-corrected chi connectivity index (χ1v) is 7.08. The van der Waals surface area contributed by atoms with Gasteiger partial charge in [-0.15, -0.1) is 0 Å². The number of carbonyl (C=O) groups is 1. The van der Waals surface area contributed by atoms with Gasteiger partial charge in [0.2, 0.25) is 6.41 Å². The molecule has 126 valence electrons. The number of halogens is 1. The van der Waals surface area contributed by atoms with Crippen LogP contribution in [0.5, 0.6) is 0 Å². The summed E-state index contributed by atoms with van der Waals surface area (Å²) >= 11 is 0. The highest BCUT2D eigenvalue weighted by Gasteiger charge is 2.04. The Morgan fingerprint density at radius 3 is 2.00 bits per heavy atom. The van der Waals surface area contributed by atoms with E-state index in [1.807, 2.05) is 7.05 Å². The second-order valence-corrected chi connectivity index (χ2v) is 4.14. The first-order valence-electron chi connectivity index (χ1n) is 7.08. The van der Waals surface area contributed by atoms with Crippen molar-refractivity contribution in [2.24, 2.45) is 0 Å². The minimum atomic E-state index is -1.19. The predicted octanol–water partition coefficient (Wildman–Crippen LogP) is -0.644. The monoisotopic (exact) mass is 310 g/mol. The zero-order valence-corrected chi connectivity index (χ0v) is 12.6. The Morgan fingerprint density at radius 1 is 0.952 bits per heavy atom. The lowest BCUT2D eigenvalue weighted by molar-refractivity contribution is -0.109. The molecule has 0 fully saturated rings. The molecule has 8 heteroatoms. The summed E-state index contributed by atoms with van der Waals surface area (Å²) < 4.78 is 33.9. The van der Waals surface area contributed by atoms with Gasteiger partial charge in [0, 0.05) is 6.54 Å². The van der Waals surface area contributed by atoms with Gasteiger partial charge >= 0.3 is 0 Å². The maximum Gasteiger partial charge on any atom is 0.207 e. The van der Waals surface area contributed by atoms with Crippen LogP contribution in [0.3, 0.4) is 0 Å². The molecule has 0 radical (unpaired) electrons. The molecule has 1 amide bonds. The molecule has 0 heterocycles. The van der Waals surface area contributed by atoms with Gasteiger partial charge in [-0.25, -0.2) is 4.39 Å². The van der Waals surface area contributed by atoms with Crippen molar-refractivity contribution < 1.29 is 28.1 Å². The summed E-state index contributed by atoms with van der Waals surface area (Å²) in [5.74, 6) is 0. The molecule has 0 spiro atoms. The van der Waals surface area contributed by atoms with E-state index in [1.54, 1.807) is 0 Å². The predicted molar refractivity (Wildman–Crippen MR) is 76.2 cm³/mol. The van der Waals surface area contributed by atoms with E-state index in [4.69, 9.17) is 18.9 Å². The molecule has 1 atom stereocenters. The van der Waals surface area contributed by atoms with E-state index in [2.05, 4.69) is 10.6 Å². The van der Waals surface area contributed by atoms with E-state index >= 15 is 0 Å². The van der Waals surface area contributed by atoms with Gasteiger partial charge in [-0.05, 0) is 7.05 Å². The number of rotatable bonds is 17. The van der Waals surface area contributed by atoms with Gasteiger partial charge in [-0.2, -0.15) is 0 Å². The Kier molecular flexibility index (Phi) is 16.6. The summed E-state index contributed by atoms with van der Waals surface area (Å²) in [6, 6.07) is 0. The summed E-state index contributed by atoms with van der Waals surface area (Å²) in [5.41, 5.74) is 0. The average Bonchev–Trinajstić information content (AvgIpc) is 2.49. The van der Waals surface area contributed by atoms with Crippen molar-refractivity contribution in [3.05, 3.63) is 0 Å². The molecule has 0 aliphatic rings. The molecule has 0 bridgehead atoms. The molecule has 7 nitrogen and oxygen atoms in total. The van der Waals surface area contributed by atoms with Gasteiger partial charge in [0.25, 0.3) is 0 Å². The molecule has 21 heavy (non-hydrogen) atoms. The van der Waals surface area contributed by atoms with Gasteiger partial charge in [0.15, 0.2) is 0 Å². The van der Waals surface area contributed by atoms with Gasteiger partial charge in [-0.3, -0.25) is 4.79 Å². The molecule has 2 N–H and O–H groups in total. The molecular weight excluding hydrogens is 283 g/mol. The summed E-state index contributed by atoms with van der Waals surface area (Å²) in [6.07, 6.45) is -0.733. The molecule has 0 aliphatic carbocycles.